The van der Waals surface area contributed by atoms with Crippen LogP contribution < -0.4 is 0 Å². The minimum atomic E-state index is 0.217. The summed E-state index contributed by atoms with van der Waals surface area (Å²) in [5.74, 6) is 0.912. The highest BCUT2D eigenvalue weighted by Gasteiger charge is 2.11. The number of hydrogen-bond donors (Lipinski definition) is 1. The first-order valence-corrected chi connectivity index (χ1v) is 5.11. The highest BCUT2D eigenvalue weighted by atomic mass is 35.5. The topological polar surface area (TPSA) is 38.0 Å². The van der Waals surface area contributed by atoms with Gasteiger partial charge in [-0.15, -0.1) is 0 Å². The van der Waals surface area contributed by atoms with Gasteiger partial charge in [-0.3, -0.25) is 0 Å². The molecule has 2 aromatic rings. The third-order valence-corrected chi connectivity index (χ3v) is 2.57. The van der Waals surface area contributed by atoms with E-state index in [2.05, 4.69) is 4.98 Å². The number of phenols is 1. The van der Waals surface area contributed by atoms with Crippen LogP contribution in [0.1, 0.15) is 6.92 Å². The molecular formula is C11H11ClN2O. The van der Waals surface area contributed by atoms with Crippen LogP contribution in [0.4, 0.5) is 0 Å². The van der Waals surface area contributed by atoms with Gasteiger partial charge in [0.05, 0.1) is 11.8 Å². The molecule has 2 rings (SSSR count). The van der Waals surface area contributed by atoms with Gasteiger partial charge in [0.1, 0.15) is 16.7 Å². The van der Waals surface area contributed by atoms with E-state index in [1.54, 1.807) is 18.3 Å². The largest absolute Gasteiger partial charge is 0.507 e. The molecule has 0 aliphatic rings. The molecule has 0 spiro atoms. The Morgan fingerprint density at radius 3 is 2.80 bits per heavy atom. The summed E-state index contributed by atoms with van der Waals surface area (Å²) in [5.41, 5.74) is 0.700. The molecule has 0 unspecified atom stereocenters. The Morgan fingerprint density at radius 2 is 2.13 bits per heavy atom. The number of imidazole rings is 1. The van der Waals surface area contributed by atoms with Crippen molar-refractivity contribution in [3.8, 4) is 17.1 Å². The summed E-state index contributed by atoms with van der Waals surface area (Å²) >= 11 is 5.97. The van der Waals surface area contributed by atoms with Gasteiger partial charge >= 0.3 is 0 Å². The minimum absolute atomic E-state index is 0.217. The van der Waals surface area contributed by atoms with Crippen LogP contribution in [0.3, 0.4) is 0 Å². The molecule has 0 radical (unpaired) electrons. The number of halogens is 1. The molecular weight excluding hydrogens is 212 g/mol. The van der Waals surface area contributed by atoms with Gasteiger partial charge < -0.3 is 9.67 Å². The van der Waals surface area contributed by atoms with Crippen LogP contribution in [0.5, 0.6) is 5.75 Å². The molecule has 0 bridgehead atoms. The van der Waals surface area contributed by atoms with Crippen LogP contribution in [0.2, 0.25) is 5.15 Å². The molecule has 1 aromatic carbocycles. The monoisotopic (exact) mass is 222 g/mol. The van der Waals surface area contributed by atoms with Crippen molar-refractivity contribution in [2.24, 2.45) is 0 Å². The highest BCUT2D eigenvalue weighted by molar-refractivity contribution is 6.29. The van der Waals surface area contributed by atoms with Gasteiger partial charge in [-0.25, -0.2) is 4.98 Å². The van der Waals surface area contributed by atoms with Crippen molar-refractivity contribution < 1.29 is 5.11 Å². The van der Waals surface area contributed by atoms with Crippen molar-refractivity contribution in [2.45, 2.75) is 13.5 Å². The highest BCUT2D eigenvalue weighted by Crippen LogP contribution is 2.29. The van der Waals surface area contributed by atoms with Crippen molar-refractivity contribution in [1.29, 1.82) is 0 Å². The number of aromatic nitrogens is 2. The van der Waals surface area contributed by atoms with Crippen molar-refractivity contribution >= 4 is 11.6 Å². The average Bonchev–Trinajstić information content (AvgIpc) is 2.60. The zero-order valence-electron chi connectivity index (χ0n) is 8.31. The lowest BCUT2D eigenvalue weighted by atomic mass is 10.2. The van der Waals surface area contributed by atoms with Gasteiger partial charge in [-0.2, -0.15) is 0 Å². The van der Waals surface area contributed by atoms with E-state index in [0.717, 1.165) is 6.54 Å². The standard InChI is InChI=1S/C11H11ClN2O/c1-2-14-10(12)7-13-11(14)8-5-3-4-6-9(8)15/h3-7,15H,2H2,1H3. The second kappa shape index (κ2) is 3.95. The Balaban J connectivity index is 2.59. The molecule has 15 heavy (non-hydrogen) atoms. The van der Waals surface area contributed by atoms with E-state index in [1.165, 1.54) is 0 Å². The lowest BCUT2D eigenvalue weighted by Gasteiger charge is -2.07. The molecule has 1 N–H and O–H groups in total. The van der Waals surface area contributed by atoms with E-state index >= 15 is 0 Å². The first-order chi connectivity index (χ1) is 7.24. The summed E-state index contributed by atoms with van der Waals surface area (Å²) in [4.78, 5) is 4.19. The molecule has 0 aliphatic heterocycles. The van der Waals surface area contributed by atoms with E-state index in [9.17, 15) is 5.11 Å². The van der Waals surface area contributed by atoms with Crippen LogP contribution in [0, 0.1) is 0 Å². The fourth-order valence-electron chi connectivity index (χ4n) is 1.53. The molecule has 4 heteroatoms. The fourth-order valence-corrected chi connectivity index (χ4v) is 1.78. The smallest absolute Gasteiger partial charge is 0.144 e. The van der Waals surface area contributed by atoms with Crippen molar-refractivity contribution in [1.82, 2.24) is 9.55 Å². The quantitative estimate of drug-likeness (QED) is 0.849. The molecule has 3 nitrogen and oxygen atoms in total. The number of nitrogens with zero attached hydrogens (tertiary/aromatic N) is 2. The van der Waals surface area contributed by atoms with E-state index < -0.39 is 0 Å². The van der Waals surface area contributed by atoms with Gasteiger partial charge in [0.25, 0.3) is 0 Å². The maximum atomic E-state index is 9.70. The second-order valence-corrected chi connectivity index (χ2v) is 3.55. The second-order valence-electron chi connectivity index (χ2n) is 3.17. The maximum absolute atomic E-state index is 9.70. The van der Waals surface area contributed by atoms with Crippen LogP contribution in [0.25, 0.3) is 11.4 Å². The third kappa shape index (κ3) is 1.70. The lowest BCUT2D eigenvalue weighted by molar-refractivity contribution is 0.476. The Morgan fingerprint density at radius 1 is 1.40 bits per heavy atom. The molecule has 0 fully saturated rings. The van der Waals surface area contributed by atoms with E-state index in [-0.39, 0.29) is 5.75 Å². The van der Waals surface area contributed by atoms with Crippen molar-refractivity contribution in [3.05, 3.63) is 35.6 Å². The lowest BCUT2D eigenvalue weighted by Crippen LogP contribution is -1.97. The third-order valence-electron chi connectivity index (χ3n) is 2.27. The van der Waals surface area contributed by atoms with Gasteiger partial charge in [0.2, 0.25) is 0 Å². The van der Waals surface area contributed by atoms with E-state index in [1.807, 2.05) is 23.6 Å². The van der Waals surface area contributed by atoms with Crippen LogP contribution in [-0.4, -0.2) is 14.7 Å². The first kappa shape index (κ1) is 10.1. The summed E-state index contributed by atoms with van der Waals surface area (Å²) in [7, 11) is 0. The molecule has 0 saturated carbocycles. The average molecular weight is 223 g/mol. The van der Waals surface area contributed by atoms with Gasteiger partial charge in [0, 0.05) is 6.54 Å². The summed E-state index contributed by atoms with van der Waals surface area (Å²) < 4.78 is 1.84. The fraction of sp³-hybridized carbons (Fsp3) is 0.182. The predicted molar refractivity (Wildman–Crippen MR) is 60.0 cm³/mol. The summed E-state index contributed by atoms with van der Waals surface area (Å²) in [6.07, 6.45) is 1.59. The number of rotatable bonds is 2. The summed E-state index contributed by atoms with van der Waals surface area (Å²) in [5, 5.41) is 10.3. The number of hydrogen-bond acceptors (Lipinski definition) is 2. The Hall–Kier alpha value is -1.48. The molecule has 1 heterocycles. The molecule has 0 atom stereocenters. The number of phenolic OH excluding ortho intramolecular Hbond substituents is 1. The summed E-state index contributed by atoms with van der Waals surface area (Å²) in [6.45, 7) is 2.71. The molecule has 78 valence electrons. The minimum Gasteiger partial charge on any atom is -0.507 e. The molecule has 1 aromatic heterocycles. The maximum Gasteiger partial charge on any atom is 0.144 e. The Kier molecular flexibility index (Phi) is 2.64. The Labute approximate surface area is 93.0 Å². The molecule has 0 amide bonds. The first-order valence-electron chi connectivity index (χ1n) is 4.73. The van der Waals surface area contributed by atoms with Crippen LogP contribution >= 0.6 is 11.6 Å². The van der Waals surface area contributed by atoms with Crippen LogP contribution in [0.15, 0.2) is 30.5 Å². The zero-order chi connectivity index (χ0) is 10.8. The number of para-hydroxylation sites is 1. The molecule has 0 aliphatic carbocycles. The SMILES string of the molecule is CCn1c(Cl)cnc1-c1ccccc1O. The van der Waals surface area contributed by atoms with Crippen molar-refractivity contribution in [2.75, 3.05) is 0 Å². The van der Waals surface area contributed by atoms with Gasteiger partial charge in [0.15, 0.2) is 0 Å². The van der Waals surface area contributed by atoms with Gasteiger partial charge in [-0.05, 0) is 19.1 Å². The van der Waals surface area contributed by atoms with Gasteiger partial charge in [-0.1, -0.05) is 23.7 Å². The normalized spacial score (nSPS) is 10.5. The Bertz CT molecular complexity index is 479. The predicted octanol–water partition coefficient (Wildman–Crippen LogP) is 2.93. The van der Waals surface area contributed by atoms with Crippen LogP contribution in [-0.2, 0) is 6.54 Å². The van der Waals surface area contributed by atoms with E-state index in [4.69, 9.17) is 11.6 Å². The summed E-state index contributed by atoms with van der Waals surface area (Å²) in [6, 6.07) is 7.09. The number of benzene rings is 1. The molecule has 0 saturated heterocycles. The zero-order valence-corrected chi connectivity index (χ0v) is 9.07. The van der Waals surface area contributed by atoms with Crippen molar-refractivity contribution in [3.63, 3.8) is 0 Å². The van der Waals surface area contributed by atoms with E-state index in [0.29, 0.717) is 16.5 Å². The number of aromatic hydroxyl groups is 1.